The Morgan fingerprint density at radius 3 is 2.68 bits per heavy atom. The van der Waals surface area contributed by atoms with Gasteiger partial charge in [-0.1, -0.05) is 18.2 Å². The van der Waals surface area contributed by atoms with E-state index in [-0.39, 0.29) is 18.0 Å². The maximum Gasteiger partial charge on any atom is 0.459 e. The van der Waals surface area contributed by atoms with Crippen LogP contribution in [0.25, 0.3) is 0 Å². The summed E-state index contributed by atoms with van der Waals surface area (Å²) in [6.45, 7) is 2.08. The van der Waals surface area contributed by atoms with Crippen LogP contribution in [0.4, 0.5) is 5.82 Å². The second kappa shape index (κ2) is 10.8. The molecule has 3 rings (SSSR count). The number of carbonyl (C=O) groups is 2. The predicted octanol–water partition coefficient (Wildman–Crippen LogP) is 1.31. The van der Waals surface area contributed by atoms with Gasteiger partial charge >= 0.3 is 25.4 Å². The van der Waals surface area contributed by atoms with Crippen LogP contribution in [0.5, 0.6) is 5.75 Å². The van der Waals surface area contributed by atoms with Crippen molar-refractivity contribution in [1.29, 1.82) is 0 Å². The molecule has 1 aromatic heterocycles. The predicted molar refractivity (Wildman–Crippen MR) is 118 cm³/mol. The van der Waals surface area contributed by atoms with Gasteiger partial charge in [0.1, 0.15) is 36.0 Å². The number of nitrogen functional groups attached to an aromatic ring is 1. The van der Waals surface area contributed by atoms with Crippen LogP contribution >= 0.6 is 7.75 Å². The van der Waals surface area contributed by atoms with Crippen LogP contribution in [0.3, 0.4) is 0 Å². The van der Waals surface area contributed by atoms with Crippen LogP contribution in [0, 0.1) is 0 Å². The zero-order chi connectivity index (χ0) is 24.9. The number of hydrogen-bond donors (Lipinski definition) is 3. The minimum absolute atomic E-state index is 0.0355. The Hall–Kier alpha value is -3.25. The molecule has 2 aromatic rings. The van der Waals surface area contributed by atoms with E-state index in [9.17, 15) is 24.1 Å². The summed E-state index contributed by atoms with van der Waals surface area (Å²) in [7, 11) is -4.22. The van der Waals surface area contributed by atoms with Crippen molar-refractivity contribution in [3.05, 3.63) is 53.1 Å². The Kier molecular flexibility index (Phi) is 8.05. The van der Waals surface area contributed by atoms with Crippen molar-refractivity contribution in [3.8, 4) is 5.75 Å². The highest BCUT2D eigenvalue weighted by Crippen LogP contribution is 2.46. The van der Waals surface area contributed by atoms with Crippen molar-refractivity contribution in [2.45, 2.75) is 44.7 Å². The molecule has 14 heteroatoms. The van der Waals surface area contributed by atoms with E-state index >= 15 is 0 Å². The quantitative estimate of drug-likeness (QED) is 0.317. The topological polar surface area (TPSA) is 181 Å². The van der Waals surface area contributed by atoms with Crippen LogP contribution in [-0.4, -0.2) is 51.5 Å². The van der Waals surface area contributed by atoms with Gasteiger partial charge in [0, 0.05) is 19.5 Å². The molecule has 0 amide bonds. The number of hydrogen-bond acceptors (Lipinski definition) is 10. The molecule has 0 bridgehead atoms. The van der Waals surface area contributed by atoms with Gasteiger partial charge < -0.3 is 24.8 Å². The molecule has 13 nitrogen and oxygen atoms in total. The van der Waals surface area contributed by atoms with Crippen LogP contribution in [0.2, 0.25) is 0 Å². The van der Waals surface area contributed by atoms with Gasteiger partial charge in [0.05, 0.1) is 6.61 Å². The number of nitrogens with zero attached hydrogens (tertiary/aromatic N) is 2. The number of aromatic nitrogens is 2. The van der Waals surface area contributed by atoms with Crippen LogP contribution < -0.4 is 21.0 Å². The Labute approximate surface area is 194 Å². The van der Waals surface area contributed by atoms with Gasteiger partial charge in [0.15, 0.2) is 0 Å². The lowest BCUT2D eigenvalue weighted by Crippen LogP contribution is -2.36. The first kappa shape index (κ1) is 25.4. The van der Waals surface area contributed by atoms with Crippen molar-refractivity contribution in [1.82, 2.24) is 14.6 Å². The highest BCUT2D eigenvalue weighted by atomic mass is 31.2. The molecule has 0 aliphatic carbocycles. The summed E-state index contributed by atoms with van der Waals surface area (Å²) in [5, 5.41) is 11.6. The summed E-state index contributed by atoms with van der Waals surface area (Å²) in [5.41, 5.74) is 4.85. The molecule has 184 valence electrons. The fourth-order valence-corrected chi connectivity index (χ4v) is 4.68. The van der Waals surface area contributed by atoms with Gasteiger partial charge in [-0.25, -0.2) is 9.36 Å². The molecule has 0 radical (unpaired) electrons. The summed E-state index contributed by atoms with van der Waals surface area (Å²) >= 11 is 0. The smallest absolute Gasteiger partial charge is 0.459 e. The second-order valence-corrected chi connectivity index (χ2v) is 9.14. The van der Waals surface area contributed by atoms with Crippen molar-refractivity contribution in [3.63, 3.8) is 0 Å². The largest absolute Gasteiger partial charge is 0.480 e. The van der Waals surface area contributed by atoms with Crippen molar-refractivity contribution < 1.29 is 37.8 Å². The number of rotatable bonds is 10. The van der Waals surface area contributed by atoms with Gasteiger partial charge in [-0.2, -0.15) is 10.1 Å². The van der Waals surface area contributed by atoms with Crippen LogP contribution in [0.1, 0.15) is 26.5 Å². The third-order valence-corrected chi connectivity index (χ3v) is 6.40. The molecule has 1 fully saturated rings. The summed E-state index contributed by atoms with van der Waals surface area (Å²) in [6.07, 6.45) is -1.19. The van der Waals surface area contributed by atoms with Gasteiger partial charge in [0.2, 0.25) is 0 Å². The Balaban J connectivity index is 1.79. The second-order valence-electron chi connectivity index (χ2n) is 7.44. The highest BCUT2D eigenvalue weighted by Gasteiger charge is 2.41. The van der Waals surface area contributed by atoms with E-state index in [1.807, 2.05) is 0 Å². The summed E-state index contributed by atoms with van der Waals surface area (Å²) in [5.74, 6) is -1.65. The lowest BCUT2D eigenvalue weighted by Gasteiger charge is -2.24. The zero-order valence-corrected chi connectivity index (χ0v) is 19.3. The van der Waals surface area contributed by atoms with E-state index in [0.717, 1.165) is 0 Å². The maximum absolute atomic E-state index is 13.4. The number of aliphatic carboxylic acids is 1. The number of carboxylic acids is 1. The number of anilines is 1. The Morgan fingerprint density at radius 1 is 1.35 bits per heavy atom. The number of carbonyl (C=O) groups excluding carboxylic acids is 1. The van der Waals surface area contributed by atoms with Crippen molar-refractivity contribution in [2.24, 2.45) is 0 Å². The molecule has 34 heavy (non-hydrogen) atoms. The third-order valence-electron chi connectivity index (χ3n) is 4.76. The van der Waals surface area contributed by atoms with E-state index in [1.165, 1.54) is 42.8 Å². The molecule has 4 N–H and O–H groups in total. The summed E-state index contributed by atoms with van der Waals surface area (Å²) in [4.78, 5) is 38.7. The number of benzene rings is 1. The summed E-state index contributed by atoms with van der Waals surface area (Å²) in [6, 6.07) is 8.18. The molecule has 5 atom stereocenters. The average Bonchev–Trinajstić information content (AvgIpc) is 3.14. The molecule has 1 aliphatic rings. The molecule has 2 heterocycles. The summed E-state index contributed by atoms with van der Waals surface area (Å²) < 4.78 is 36.6. The van der Waals surface area contributed by atoms with E-state index in [1.54, 1.807) is 18.2 Å². The highest BCUT2D eigenvalue weighted by molar-refractivity contribution is 7.52. The first-order valence-electron chi connectivity index (χ1n) is 10.2. The van der Waals surface area contributed by atoms with E-state index in [2.05, 4.69) is 10.1 Å². The zero-order valence-electron chi connectivity index (χ0n) is 18.4. The van der Waals surface area contributed by atoms with E-state index in [0.29, 0.717) is 0 Å². The van der Waals surface area contributed by atoms with E-state index in [4.69, 9.17) is 24.3 Å². The molecular weight excluding hydrogens is 471 g/mol. The monoisotopic (exact) mass is 496 g/mol. The Bertz CT molecular complexity index is 1130. The van der Waals surface area contributed by atoms with Crippen LogP contribution in [-0.2, 0) is 28.2 Å². The van der Waals surface area contributed by atoms with Crippen molar-refractivity contribution >= 4 is 25.5 Å². The number of carboxylic acid groups (broad SMARTS) is 1. The Morgan fingerprint density at radius 2 is 2.06 bits per heavy atom. The van der Waals surface area contributed by atoms with Crippen molar-refractivity contribution in [2.75, 3.05) is 12.3 Å². The number of nitrogens with one attached hydrogen (secondary N) is 1. The number of nitrogens with two attached hydrogens (primary N) is 1. The van der Waals surface area contributed by atoms with Crippen LogP contribution in [0.15, 0.2) is 47.4 Å². The van der Waals surface area contributed by atoms with Gasteiger partial charge in [-0.3, -0.25) is 18.7 Å². The molecule has 1 saturated heterocycles. The van der Waals surface area contributed by atoms with Gasteiger partial charge in [0.25, 0.3) is 0 Å². The molecule has 1 aliphatic heterocycles. The third kappa shape index (κ3) is 6.64. The first-order chi connectivity index (χ1) is 16.1. The van der Waals surface area contributed by atoms with E-state index < -0.39 is 56.5 Å². The normalized spacial score (nSPS) is 22.5. The molecule has 2 unspecified atom stereocenters. The lowest BCUT2D eigenvalue weighted by molar-refractivity contribution is -0.150. The fourth-order valence-electron chi connectivity index (χ4n) is 3.18. The first-order valence-corrected chi connectivity index (χ1v) is 11.8. The molecule has 0 spiro atoms. The molecule has 0 saturated carbocycles. The SMILES string of the molecule is CC(=O)O[C@H]1C[C@H](n2ccc(N)nc2=O)O[C@@H]1COP(=O)(NC(C)C(=O)O)Oc1ccccc1. The van der Waals surface area contributed by atoms with Gasteiger partial charge in [-0.05, 0) is 25.1 Å². The minimum Gasteiger partial charge on any atom is -0.480 e. The fraction of sp³-hybridized carbons (Fsp3) is 0.400. The average molecular weight is 496 g/mol. The number of para-hydroxylation sites is 1. The van der Waals surface area contributed by atoms with Gasteiger partial charge in [-0.15, -0.1) is 0 Å². The standard InChI is InChI=1S/C20H25N4O9P/c1-12(19(26)27)23-34(29,33-14-6-4-3-5-7-14)30-11-16-15(31-13(2)25)10-18(32-16)24-9-8-17(21)22-20(24)28/h3-9,12,15-16,18H,10-11H2,1-2H3,(H,23,29)(H,26,27)(H2,21,22,28)/t12?,15-,16+,18+,34?/m0/s1. The molecule has 1 aromatic carbocycles. The minimum atomic E-state index is -4.22. The maximum atomic E-state index is 13.4. The number of ether oxygens (including phenoxy) is 2. The number of esters is 1. The molecular formula is C20H25N4O9P. The lowest BCUT2D eigenvalue weighted by atomic mass is 10.2.